The van der Waals surface area contributed by atoms with Gasteiger partial charge in [0.05, 0.1) is 16.3 Å². The van der Waals surface area contributed by atoms with E-state index in [9.17, 15) is 9.59 Å². The second-order valence-electron chi connectivity index (χ2n) is 8.01. The van der Waals surface area contributed by atoms with Crippen LogP contribution in [0.25, 0.3) is 15.9 Å². The molecule has 156 valence electrons. The second-order valence-corrected chi connectivity index (χ2v) is 10.3. The fourth-order valence-corrected chi connectivity index (χ4v) is 6.87. The Morgan fingerprint density at radius 2 is 1.87 bits per heavy atom. The molecule has 1 aromatic carbocycles. The van der Waals surface area contributed by atoms with Crippen molar-refractivity contribution in [2.24, 2.45) is 0 Å². The Kier molecular flexibility index (Phi) is 5.65. The number of para-hydroxylation sites is 1. The predicted molar refractivity (Wildman–Crippen MR) is 123 cm³/mol. The highest BCUT2D eigenvalue weighted by molar-refractivity contribution is 8.00. The van der Waals surface area contributed by atoms with Gasteiger partial charge in [0.2, 0.25) is 5.91 Å². The van der Waals surface area contributed by atoms with Gasteiger partial charge in [-0.05, 0) is 56.2 Å². The smallest absolute Gasteiger partial charge is 0.267 e. The van der Waals surface area contributed by atoms with E-state index in [1.54, 1.807) is 15.9 Å². The van der Waals surface area contributed by atoms with Gasteiger partial charge >= 0.3 is 0 Å². The summed E-state index contributed by atoms with van der Waals surface area (Å²) in [4.78, 5) is 33.5. The normalized spacial score (nSPS) is 19.7. The van der Waals surface area contributed by atoms with Gasteiger partial charge in [0.15, 0.2) is 5.16 Å². The zero-order chi connectivity index (χ0) is 20.5. The zero-order valence-corrected chi connectivity index (χ0v) is 18.5. The number of benzene rings is 1. The molecule has 0 radical (unpaired) electrons. The minimum absolute atomic E-state index is 0.00197. The highest BCUT2D eigenvalue weighted by Crippen LogP contribution is 2.36. The Balaban J connectivity index is 1.69. The summed E-state index contributed by atoms with van der Waals surface area (Å²) in [7, 11) is 0. The summed E-state index contributed by atoms with van der Waals surface area (Å²) >= 11 is 3.11. The van der Waals surface area contributed by atoms with E-state index >= 15 is 0 Å². The van der Waals surface area contributed by atoms with Crippen LogP contribution in [-0.4, -0.2) is 27.3 Å². The second kappa shape index (κ2) is 8.55. The quantitative estimate of drug-likeness (QED) is 0.483. The van der Waals surface area contributed by atoms with E-state index in [1.807, 2.05) is 30.3 Å². The maximum absolute atomic E-state index is 13.8. The van der Waals surface area contributed by atoms with Crippen molar-refractivity contribution in [3.63, 3.8) is 0 Å². The van der Waals surface area contributed by atoms with Crippen molar-refractivity contribution in [1.82, 2.24) is 14.9 Å². The molecule has 1 amide bonds. The standard InChI is InChI=1S/C23H25N3O2S2/c27-20-18(13-7-8-14-24-20)30-23-25-21-19(16-11-5-2-6-12-17(16)29-21)22(28)26(23)15-9-3-1-4-10-15/h1,3-4,9-10,18H,2,5-8,11-14H2,(H,24,27). The van der Waals surface area contributed by atoms with Gasteiger partial charge in [0.25, 0.3) is 5.56 Å². The maximum atomic E-state index is 13.8. The lowest BCUT2D eigenvalue weighted by molar-refractivity contribution is -0.120. The molecule has 3 aromatic rings. The first-order valence-electron chi connectivity index (χ1n) is 10.8. The van der Waals surface area contributed by atoms with Gasteiger partial charge in [-0.1, -0.05) is 42.8 Å². The highest BCUT2D eigenvalue weighted by atomic mass is 32.2. The number of thiophene rings is 1. The number of thioether (sulfide) groups is 1. The summed E-state index contributed by atoms with van der Waals surface area (Å²) in [6, 6.07) is 9.71. The molecule has 5 nitrogen and oxygen atoms in total. The van der Waals surface area contributed by atoms with Crippen molar-refractivity contribution in [3.05, 3.63) is 51.1 Å². The molecule has 1 aliphatic carbocycles. The lowest BCUT2D eigenvalue weighted by Crippen LogP contribution is -2.31. The van der Waals surface area contributed by atoms with Crippen LogP contribution in [0.2, 0.25) is 0 Å². The average molecular weight is 440 g/mol. The maximum Gasteiger partial charge on any atom is 0.267 e. The van der Waals surface area contributed by atoms with Crippen LogP contribution in [0.15, 0.2) is 40.3 Å². The van der Waals surface area contributed by atoms with E-state index in [4.69, 9.17) is 4.98 Å². The Bertz CT molecular complexity index is 1140. The Labute approximate surface area is 183 Å². The third-order valence-corrected chi connectivity index (χ3v) is 8.36. The molecule has 5 rings (SSSR count). The van der Waals surface area contributed by atoms with Crippen molar-refractivity contribution in [3.8, 4) is 5.69 Å². The summed E-state index contributed by atoms with van der Waals surface area (Å²) in [6.07, 6.45) is 8.32. The lowest BCUT2D eigenvalue weighted by atomic mass is 10.1. The number of hydrogen-bond donors (Lipinski definition) is 1. The molecular formula is C23H25N3O2S2. The number of fused-ring (bicyclic) bond motifs is 3. The van der Waals surface area contributed by atoms with Crippen LogP contribution < -0.4 is 10.9 Å². The Morgan fingerprint density at radius 3 is 2.73 bits per heavy atom. The van der Waals surface area contributed by atoms with Crippen LogP contribution in [0, 0.1) is 0 Å². The first-order valence-corrected chi connectivity index (χ1v) is 12.5. The first kappa shape index (κ1) is 19.8. The molecule has 0 saturated carbocycles. The zero-order valence-electron chi connectivity index (χ0n) is 16.9. The molecule has 30 heavy (non-hydrogen) atoms. The molecule has 1 N–H and O–H groups in total. The summed E-state index contributed by atoms with van der Waals surface area (Å²) in [5, 5.41) is 4.19. The first-order chi connectivity index (χ1) is 14.7. The van der Waals surface area contributed by atoms with E-state index in [2.05, 4.69) is 5.32 Å². The molecule has 1 atom stereocenters. The molecule has 3 heterocycles. The van der Waals surface area contributed by atoms with E-state index in [0.717, 1.165) is 61.0 Å². The van der Waals surface area contributed by atoms with Crippen LogP contribution in [0.4, 0.5) is 0 Å². The van der Waals surface area contributed by atoms with E-state index in [0.29, 0.717) is 5.16 Å². The molecule has 0 spiro atoms. The van der Waals surface area contributed by atoms with Gasteiger partial charge in [-0.15, -0.1) is 11.3 Å². The number of nitrogens with one attached hydrogen (secondary N) is 1. The third kappa shape index (κ3) is 3.69. The van der Waals surface area contributed by atoms with Gasteiger partial charge in [-0.2, -0.15) is 0 Å². The van der Waals surface area contributed by atoms with Gasteiger partial charge < -0.3 is 5.32 Å². The Morgan fingerprint density at radius 1 is 1.03 bits per heavy atom. The molecule has 1 saturated heterocycles. The third-order valence-electron chi connectivity index (χ3n) is 5.95. The topological polar surface area (TPSA) is 64.0 Å². The molecule has 0 bridgehead atoms. The lowest BCUT2D eigenvalue weighted by Gasteiger charge is -2.16. The number of nitrogens with zero attached hydrogens (tertiary/aromatic N) is 2. The summed E-state index contributed by atoms with van der Waals surface area (Å²) in [6.45, 7) is 0.728. The number of rotatable bonds is 3. The van der Waals surface area contributed by atoms with Crippen LogP contribution in [0.1, 0.15) is 49.0 Å². The van der Waals surface area contributed by atoms with Crippen LogP contribution in [-0.2, 0) is 17.6 Å². The summed E-state index contributed by atoms with van der Waals surface area (Å²) in [5.74, 6) is 0.0495. The van der Waals surface area contributed by atoms with Gasteiger partial charge in [0, 0.05) is 11.4 Å². The number of aryl methyl sites for hydroxylation is 2. The van der Waals surface area contributed by atoms with Crippen molar-refractivity contribution >= 4 is 39.2 Å². The van der Waals surface area contributed by atoms with Crippen LogP contribution >= 0.6 is 23.1 Å². The molecule has 2 aliphatic rings. The SMILES string of the molecule is O=C1NCCCCC1Sc1nc2sc3c(c2c(=O)n1-c1ccccc1)CCCCC3. The highest BCUT2D eigenvalue weighted by Gasteiger charge is 2.27. The van der Waals surface area contributed by atoms with Gasteiger partial charge in [-0.25, -0.2) is 4.98 Å². The van der Waals surface area contributed by atoms with Gasteiger partial charge in [-0.3, -0.25) is 14.2 Å². The van der Waals surface area contributed by atoms with Crippen molar-refractivity contribution in [2.45, 2.75) is 61.8 Å². The van der Waals surface area contributed by atoms with Crippen molar-refractivity contribution in [1.29, 1.82) is 0 Å². The van der Waals surface area contributed by atoms with Crippen molar-refractivity contribution < 1.29 is 4.79 Å². The summed E-state index contributed by atoms with van der Waals surface area (Å²) in [5.41, 5.74) is 2.02. The van der Waals surface area contributed by atoms with E-state index in [1.165, 1.54) is 35.0 Å². The van der Waals surface area contributed by atoms with Crippen LogP contribution in [0.3, 0.4) is 0 Å². The minimum atomic E-state index is -0.218. The number of carbonyl (C=O) groups is 1. The molecule has 1 fully saturated rings. The number of hydrogen-bond acceptors (Lipinski definition) is 5. The largest absolute Gasteiger partial charge is 0.355 e. The number of amides is 1. The molecule has 1 unspecified atom stereocenters. The van der Waals surface area contributed by atoms with E-state index in [-0.39, 0.29) is 16.7 Å². The van der Waals surface area contributed by atoms with Crippen LogP contribution in [0.5, 0.6) is 0 Å². The molecule has 7 heteroatoms. The number of aromatic nitrogens is 2. The molecular weight excluding hydrogens is 414 g/mol. The number of carbonyl (C=O) groups excluding carboxylic acids is 1. The monoisotopic (exact) mass is 439 g/mol. The van der Waals surface area contributed by atoms with E-state index < -0.39 is 0 Å². The van der Waals surface area contributed by atoms with Gasteiger partial charge in [0.1, 0.15) is 4.83 Å². The van der Waals surface area contributed by atoms with Crippen molar-refractivity contribution in [2.75, 3.05) is 6.54 Å². The molecule has 2 aromatic heterocycles. The summed E-state index contributed by atoms with van der Waals surface area (Å²) < 4.78 is 1.73. The fraction of sp³-hybridized carbons (Fsp3) is 0.435. The molecule has 1 aliphatic heterocycles. The predicted octanol–water partition coefficient (Wildman–Crippen LogP) is 4.48. The fourth-order valence-electron chi connectivity index (χ4n) is 4.40. The Hall–Kier alpha value is -2.12. The minimum Gasteiger partial charge on any atom is -0.355 e. The average Bonchev–Trinajstić information content (AvgIpc) is 2.88.